The Bertz CT molecular complexity index is 1500. The first-order chi connectivity index (χ1) is 17.7. The highest BCUT2D eigenvalue weighted by molar-refractivity contribution is 5.95. The van der Waals surface area contributed by atoms with Gasteiger partial charge in [-0.15, -0.1) is 0 Å². The van der Waals surface area contributed by atoms with Crippen LogP contribution in [-0.2, 0) is 13.0 Å². The van der Waals surface area contributed by atoms with Crippen LogP contribution in [0.15, 0.2) is 47.5 Å². The van der Waals surface area contributed by atoms with Crippen molar-refractivity contribution in [2.45, 2.75) is 59.9 Å². The number of ether oxygens (including phenoxy) is 1. The van der Waals surface area contributed by atoms with E-state index in [2.05, 4.69) is 22.2 Å². The van der Waals surface area contributed by atoms with Gasteiger partial charge >= 0.3 is 0 Å². The molecule has 7 nitrogen and oxygen atoms in total. The van der Waals surface area contributed by atoms with E-state index < -0.39 is 5.82 Å². The summed E-state index contributed by atoms with van der Waals surface area (Å²) in [5.74, 6) is -0.516. The van der Waals surface area contributed by atoms with E-state index in [0.29, 0.717) is 29.0 Å². The molecule has 0 saturated carbocycles. The Morgan fingerprint density at radius 1 is 1.16 bits per heavy atom. The number of amides is 1. The first kappa shape index (κ1) is 26.1. The minimum absolute atomic E-state index is 0.0961. The van der Waals surface area contributed by atoms with E-state index in [4.69, 9.17) is 4.74 Å². The number of carbonyl (C=O) groups is 1. The fourth-order valence-corrected chi connectivity index (χ4v) is 4.58. The molecule has 1 aromatic carbocycles. The molecule has 1 amide bonds. The number of hydrogen-bond donors (Lipinski definition) is 2. The molecule has 4 aromatic rings. The molecule has 0 atom stereocenters. The molecule has 194 valence electrons. The van der Waals surface area contributed by atoms with Crippen molar-refractivity contribution in [3.8, 4) is 16.9 Å². The third kappa shape index (κ3) is 5.43. The van der Waals surface area contributed by atoms with Gasteiger partial charge in [-0.25, -0.2) is 9.37 Å². The number of halogens is 1. The molecule has 3 heterocycles. The SMILES string of the molecule is CCCc1cc(C)[nH]c(=O)c1CNC(=O)c1cc(-c2ccc(OCC)c(F)c2)cc2c(C(C)C)ncn12. The zero-order valence-corrected chi connectivity index (χ0v) is 21.9. The fraction of sp³-hybridized carbons (Fsp3) is 0.345. The summed E-state index contributed by atoms with van der Waals surface area (Å²) in [6.07, 6.45) is 3.26. The lowest BCUT2D eigenvalue weighted by Crippen LogP contribution is -2.29. The highest BCUT2D eigenvalue weighted by Crippen LogP contribution is 2.30. The van der Waals surface area contributed by atoms with Crippen LogP contribution in [0.1, 0.15) is 73.0 Å². The number of aryl methyl sites for hydroxylation is 2. The summed E-state index contributed by atoms with van der Waals surface area (Å²) in [6.45, 7) is 10.2. The second-order valence-corrected chi connectivity index (χ2v) is 9.47. The van der Waals surface area contributed by atoms with Crippen LogP contribution in [0.25, 0.3) is 16.6 Å². The molecule has 8 heteroatoms. The number of aromatic nitrogens is 3. The van der Waals surface area contributed by atoms with E-state index >= 15 is 0 Å². The summed E-state index contributed by atoms with van der Waals surface area (Å²) < 4.78 is 21.7. The molecule has 2 N–H and O–H groups in total. The predicted molar refractivity (Wildman–Crippen MR) is 143 cm³/mol. The Morgan fingerprint density at radius 2 is 1.95 bits per heavy atom. The van der Waals surface area contributed by atoms with Crippen LogP contribution in [0.4, 0.5) is 4.39 Å². The molecule has 3 aromatic heterocycles. The molecular formula is C29H33FN4O3. The quantitative estimate of drug-likeness (QED) is 0.313. The van der Waals surface area contributed by atoms with E-state index in [9.17, 15) is 14.0 Å². The average Bonchev–Trinajstić information content (AvgIpc) is 3.28. The van der Waals surface area contributed by atoms with Crippen LogP contribution in [0.3, 0.4) is 0 Å². The number of nitrogens with one attached hydrogen (secondary N) is 2. The summed E-state index contributed by atoms with van der Waals surface area (Å²) in [5.41, 5.74) is 5.33. The van der Waals surface area contributed by atoms with Crippen molar-refractivity contribution >= 4 is 11.4 Å². The Labute approximate surface area is 215 Å². The molecule has 0 spiro atoms. The molecule has 0 fully saturated rings. The second-order valence-electron chi connectivity index (χ2n) is 9.47. The van der Waals surface area contributed by atoms with Crippen LogP contribution < -0.4 is 15.6 Å². The molecule has 0 unspecified atom stereocenters. The molecule has 0 bridgehead atoms. The number of hydrogen-bond acceptors (Lipinski definition) is 4. The van der Waals surface area contributed by atoms with Gasteiger partial charge < -0.3 is 15.0 Å². The molecule has 37 heavy (non-hydrogen) atoms. The van der Waals surface area contributed by atoms with Crippen molar-refractivity contribution < 1.29 is 13.9 Å². The third-order valence-corrected chi connectivity index (χ3v) is 6.33. The maximum Gasteiger partial charge on any atom is 0.268 e. The summed E-state index contributed by atoms with van der Waals surface area (Å²) in [7, 11) is 0. The maximum absolute atomic E-state index is 14.7. The van der Waals surface area contributed by atoms with Gasteiger partial charge in [0.2, 0.25) is 0 Å². The monoisotopic (exact) mass is 504 g/mol. The van der Waals surface area contributed by atoms with Gasteiger partial charge in [0.15, 0.2) is 11.6 Å². The first-order valence-corrected chi connectivity index (χ1v) is 12.7. The Hall–Kier alpha value is -3.94. The molecule has 0 radical (unpaired) electrons. The van der Waals surface area contributed by atoms with Crippen LogP contribution in [0, 0.1) is 12.7 Å². The van der Waals surface area contributed by atoms with Gasteiger partial charge in [-0.3, -0.25) is 14.0 Å². The first-order valence-electron chi connectivity index (χ1n) is 12.7. The Morgan fingerprint density at radius 3 is 2.62 bits per heavy atom. The number of nitrogens with zero attached hydrogens (tertiary/aromatic N) is 2. The summed E-state index contributed by atoms with van der Waals surface area (Å²) in [6, 6.07) is 10.4. The predicted octanol–water partition coefficient (Wildman–Crippen LogP) is 5.54. The molecule has 4 rings (SSSR count). The number of pyridine rings is 2. The Balaban J connectivity index is 1.75. The lowest BCUT2D eigenvalue weighted by molar-refractivity contribution is 0.0944. The van der Waals surface area contributed by atoms with Gasteiger partial charge in [0.25, 0.3) is 11.5 Å². The third-order valence-electron chi connectivity index (χ3n) is 6.33. The van der Waals surface area contributed by atoms with Crippen LogP contribution in [0.5, 0.6) is 5.75 Å². The normalized spacial score (nSPS) is 11.3. The number of fused-ring (bicyclic) bond motifs is 1. The van der Waals surface area contributed by atoms with E-state index in [1.54, 1.807) is 35.9 Å². The van der Waals surface area contributed by atoms with Gasteiger partial charge in [-0.05, 0) is 73.2 Å². The topological polar surface area (TPSA) is 88.5 Å². The highest BCUT2D eigenvalue weighted by atomic mass is 19.1. The zero-order chi connectivity index (χ0) is 26.7. The summed E-state index contributed by atoms with van der Waals surface area (Å²) >= 11 is 0. The molecule has 0 aliphatic heterocycles. The molecule has 0 aliphatic rings. The van der Waals surface area contributed by atoms with Gasteiger partial charge in [-0.2, -0.15) is 0 Å². The zero-order valence-electron chi connectivity index (χ0n) is 21.9. The molecular weight excluding hydrogens is 471 g/mol. The average molecular weight is 505 g/mol. The molecule has 0 aliphatic carbocycles. The number of H-pyrrole nitrogens is 1. The fourth-order valence-electron chi connectivity index (χ4n) is 4.58. The number of carbonyl (C=O) groups excluding carboxylic acids is 1. The largest absolute Gasteiger partial charge is 0.491 e. The maximum atomic E-state index is 14.7. The lowest BCUT2D eigenvalue weighted by atomic mass is 10.0. The second kappa shape index (κ2) is 11.0. The van der Waals surface area contributed by atoms with Crippen LogP contribution in [-0.4, -0.2) is 26.9 Å². The van der Waals surface area contributed by atoms with E-state index in [0.717, 1.165) is 35.3 Å². The molecule has 0 saturated heterocycles. The van der Waals surface area contributed by atoms with Gasteiger partial charge in [0.05, 0.1) is 17.8 Å². The number of benzene rings is 1. The lowest BCUT2D eigenvalue weighted by Gasteiger charge is -2.14. The number of aromatic amines is 1. The van der Waals surface area contributed by atoms with Crippen molar-refractivity contribution in [1.29, 1.82) is 0 Å². The van der Waals surface area contributed by atoms with Crippen molar-refractivity contribution in [1.82, 2.24) is 19.7 Å². The van der Waals surface area contributed by atoms with Crippen molar-refractivity contribution in [2.24, 2.45) is 0 Å². The van der Waals surface area contributed by atoms with E-state index in [1.807, 2.05) is 32.9 Å². The minimum Gasteiger partial charge on any atom is -0.491 e. The van der Waals surface area contributed by atoms with E-state index in [1.165, 1.54) is 6.07 Å². The summed E-state index contributed by atoms with van der Waals surface area (Å²) in [5, 5.41) is 2.92. The van der Waals surface area contributed by atoms with E-state index in [-0.39, 0.29) is 29.7 Å². The number of rotatable bonds is 9. The van der Waals surface area contributed by atoms with Crippen molar-refractivity contribution in [3.63, 3.8) is 0 Å². The van der Waals surface area contributed by atoms with Crippen LogP contribution >= 0.6 is 0 Å². The minimum atomic E-state index is -0.468. The summed E-state index contributed by atoms with van der Waals surface area (Å²) in [4.78, 5) is 33.5. The van der Waals surface area contributed by atoms with Crippen LogP contribution in [0.2, 0.25) is 0 Å². The smallest absolute Gasteiger partial charge is 0.268 e. The number of imidazole rings is 1. The van der Waals surface area contributed by atoms with Gasteiger partial charge in [0.1, 0.15) is 12.0 Å². The standard InChI is InChI=1S/C29H33FN4O3/c1-6-8-20-11-18(5)33-28(35)22(20)15-31-29(36)25-14-21(13-24-27(17(3)4)32-16-34(24)25)19-9-10-26(37-7-2)23(30)12-19/h9-14,16-17H,6-8,15H2,1-5H3,(H,31,36)(H,33,35). The van der Waals surface area contributed by atoms with Crippen molar-refractivity contribution in [3.05, 3.63) is 87.1 Å². The highest BCUT2D eigenvalue weighted by Gasteiger charge is 2.19. The Kier molecular flexibility index (Phi) is 7.76. The van der Waals surface area contributed by atoms with Crippen molar-refractivity contribution in [2.75, 3.05) is 6.61 Å². The van der Waals surface area contributed by atoms with Gasteiger partial charge in [0, 0.05) is 17.8 Å². The van der Waals surface area contributed by atoms with Gasteiger partial charge in [-0.1, -0.05) is 33.3 Å².